The number of H-pyrrole nitrogens is 1. The molecule has 1 aromatic carbocycles. The highest BCUT2D eigenvalue weighted by Gasteiger charge is 2.19. The van der Waals surface area contributed by atoms with Gasteiger partial charge in [-0.15, -0.1) is 5.10 Å². The molecule has 118 valence electrons. The van der Waals surface area contributed by atoms with Gasteiger partial charge >= 0.3 is 5.97 Å². The van der Waals surface area contributed by atoms with Crippen LogP contribution in [0.5, 0.6) is 11.5 Å². The van der Waals surface area contributed by atoms with Crippen molar-refractivity contribution in [2.24, 2.45) is 0 Å². The molecule has 0 bridgehead atoms. The maximum absolute atomic E-state index is 11.0. The van der Waals surface area contributed by atoms with E-state index in [9.17, 15) is 4.79 Å². The minimum absolute atomic E-state index is 0.402. The SMILES string of the molecule is CCC(Sc1n[nH]c(-c2ccc(OC)c(OC)c2)n1)C(=O)O. The van der Waals surface area contributed by atoms with Gasteiger partial charge in [0.1, 0.15) is 5.25 Å². The summed E-state index contributed by atoms with van der Waals surface area (Å²) >= 11 is 1.12. The third-order valence-electron chi connectivity index (χ3n) is 3.02. The zero-order valence-corrected chi connectivity index (χ0v) is 13.3. The zero-order valence-electron chi connectivity index (χ0n) is 12.5. The number of hydrogen-bond donors (Lipinski definition) is 2. The van der Waals surface area contributed by atoms with Gasteiger partial charge in [0.15, 0.2) is 17.3 Å². The van der Waals surface area contributed by atoms with E-state index in [0.717, 1.165) is 17.3 Å². The van der Waals surface area contributed by atoms with Gasteiger partial charge in [-0.1, -0.05) is 18.7 Å². The Balaban J connectivity index is 2.22. The van der Waals surface area contributed by atoms with Crippen LogP contribution in [-0.4, -0.2) is 45.7 Å². The fourth-order valence-electron chi connectivity index (χ4n) is 1.85. The molecule has 1 heterocycles. The molecule has 2 aromatic rings. The largest absolute Gasteiger partial charge is 0.493 e. The van der Waals surface area contributed by atoms with Crippen molar-refractivity contribution in [3.8, 4) is 22.9 Å². The van der Waals surface area contributed by atoms with Crippen molar-refractivity contribution >= 4 is 17.7 Å². The van der Waals surface area contributed by atoms with E-state index in [0.29, 0.717) is 28.9 Å². The number of nitrogens with one attached hydrogen (secondary N) is 1. The van der Waals surface area contributed by atoms with Crippen molar-refractivity contribution in [3.05, 3.63) is 18.2 Å². The molecule has 0 saturated heterocycles. The molecular formula is C14H17N3O4S. The summed E-state index contributed by atoms with van der Waals surface area (Å²) in [6.07, 6.45) is 0.500. The van der Waals surface area contributed by atoms with Gasteiger partial charge in [-0.2, -0.15) is 0 Å². The second kappa shape index (κ2) is 7.17. The lowest BCUT2D eigenvalue weighted by molar-refractivity contribution is -0.136. The summed E-state index contributed by atoms with van der Waals surface area (Å²) in [6.45, 7) is 1.81. The van der Waals surface area contributed by atoms with Gasteiger partial charge in [0.05, 0.1) is 14.2 Å². The maximum atomic E-state index is 11.0. The number of carboxylic acid groups (broad SMARTS) is 1. The lowest BCUT2D eigenvalue weighted by Crippen LogP contribution is -2.14. The summed E-state index contributed by atoms with van der Waals surface area (Å²) in [7, 11) is 3.12. The summed E-state index contributed by atoms with van der Waals surface area (Å²) in [5.74, 6) is 0.883. The molecule has 22 heavy (non-hydrogen) atoms. The Morgan fingerprint density at radius 3 is 2.68 bits per heavy atom. The first-order valence-corrected chi connectivity index (χ1v) is 7.51. The molecular weight excluding hydrogens is 306 g/mol. The molecule has 0 radical (unpaired) electrons. The third kappa shape index (κ3) is 3.51. The molecule has 0 spiro atoms. The van der Waals surface area contributed by atoms with E-state index in [1.807, 2.05) is 13.0 Å². The first-order valence-electron chi connectivity index (χ1n) is 6.63. The average Bonchev–Trinajstić information content (AvgIpc) is 3.00. The van der Waals surface area contributed by atoms with E-state index in [1.54, 1.807) is 26.4 Å². The quantitative estimate of drug-likeness (QED) is 0.755. The summed E-state index contributed by atoms with van der Waals surface area (Å²) in [5.41, 5.74) is 0.778. The standard InChI is InChI=1S/C14H17N3O4S/c1-4-11(13(18)19)22-14-15-12(16-17-14)8-5-6-9(20-2)10(7-8)21-3/h5-7,11H,4H2,1-3H3,(H,18,19)(H,15,16,17). The first kappa shape index (κ1) is 16.2. The number of nitrogens with zero attached hydrogens (tertiary/aromatic N) is 2. The van der Waals surface area contributed by atoms with Crippen molar-refractivity contribution in [3.63, 3.8) is 0 Å². The molecule has 0 fully saturated rings. The number of rotatable bonds is 7. The van der Waals surface area contributed by atoms with Gasteiger partial charge in [-0.3, -0.25) is 9.89 Å². The highest BCUT2D eigenvalue weighted by Crippen LogP contribution is 2.32. The number of aromatic nitrogens is 3. The molecule has 1 atom stereocenters. The molecule has 1 unspecified atom stereocenters. The Kier molecular flexibility index (Phi) is 5.26. The van der Waals surface area contributed by atoms with Gasteiger partial charge in [-0.25, -0.2) is 4.98 Å². The highest BCUT2D eigenvalue weighted by molar-refractivity contribution is 8.00. The average molecular weight is 323 g/mol. The third-order valence-corrected chi connectivity index (χ3v) is 4.23. The van der Waals surface area contributed by atoms with Crippen LogP contribution in [0, 0.1) is 0 Å². The van der Waals surface area contributed by atoms with Crippen molar-refractivity contribution in [1.82, 2.24) is 15.2 Å². The van der Waals surface area contributed by atoms with E-state index in [-0.39, 0.29) is 0 Å². The predicted molar refractivity (Wildman–Crippen MR) is 82.5 cm³/mol. The van der Waals surface area contributed by atoms with Crippen LogP contribution in [0.1, 0.15) is 13.3 Å². The Labute approximate surface area is 132 Å². The summed E-state index contributed by atoms with van der Waals surface area (Å²) in [6, 6.07) is 5.38. The van der Waals surface area contributed by atoms with Crippen LogP contribution in [0.4, 0.5) is 0 Å². The van der Waals surface area contributed by atoms with Crippen molar-refractivity contribution in [2.75, 3.05) is 14.2 Å². The van der Waals surface area contributed by atoms with Crippen LogP contribution in [0.2, 0.25) is 0 Å². The molecule has 0 saturated carbocycles. The lowest BCUT2D eigenvalue weighted by atomic mass is 10.2. The second-order valence-electron chi connectivity index (χ2n) is 4.39. The van der Waals surface area contributed by atoms with Crippen LogP contribution >= 0.6 is 11.8 Å². The normalized spacial score (nSPS) is 12.0. The van der Waals surface area contributed by atoms with E-state index in [4.69, 9.17) is 14.6 Å². The Hall–Kier alpha value is -2.22. The van der Waals surface area contributed by atoms with E-state index in [1.165, 1.54) is 0 Å². The number of hydrogen-bond acceptors (Lipinski definition) is 6. The molecule has 7 nitrogen and oxygen atoms in total. The number of methoxy groups -OCH3 is 2. The van der Waals surface area contributed by atoms with Crippen molar-refractivity contribution in [1.29, 1.82) is 0 Å². The molecule has 0 amide bonds. The number of carbonyl (C=O) groups is 1. The van der Waals surface area contributed by atoms with Crippen LogP contribution in [-0.2, 0) is 4.79 Å². The van der Waals surface area contributed by atoms with Gasteiger partial charge in [0.25, 0.3) is 0 Å². The topological polar surface area (TPSA) is 97.3 Å². The van der Waals surface area contributed by atoms with E-state index >= 15 is 0 Å². The van der Waals surface area contributed by atoms with Gasteiger partial charge < -0.3 is 14.6 Å². The first-order chi connectivity index (χ1) is 10.6. The van der Waals surface area contributed by atoms with E-state index < -0.39 is 11.2 Å². The minimum Gasteiger partial charge on any atom is -0.493 e. The summed E-state index contributed by atoms with van der Waals surface area (Å²) in [5, 5.41) is 15.8. The monoisotopic (exact) mass is 323 g/mol. The molecule has 0 aliphatic carbocycles. The van der Waals surface area contributed by atoms with Crippen LogP contribution in [0.15, 0.2) is 23.4 Å². The second-order valence-corrected chi connectivity index (χ2v) is 5.56. The highest BCUT2D eigenvalue weighted by atomic mass is 32.2. The number of aliphatic carboxylic acids is 1. The van der Waals surface area contributed by atoms with Crippen LogP contribution < -0.4 is 9.47 Å². The zero-order chi connectivity index (χ0) is 16.1. The number of benzene rings is 1. The Morgan fingerprint density at radius 1 is 1.36 bits per heavy atom. The fraction of sp³-hybridized carbons (Fsp3) is 0.357. The molecule has 0 aliphatic heterocycles. The Bertz CT molecular complexity index is 659. The number of thioether (sulfide) groups is 1. The van der Waals surface area contributed by atoms with Crippen LogP contribution in [0.25, 0.3) is 11.4 Å². The summed E-state index contributed by atoms with van der Waals surface area (Å²) < 4.78 is 10.4. The number of aromatic amines is 1. The molecule has 1 aromatic heterocycles. The van der Waals surface area contributed by atoms with Gasteiger partial charge in [0, 0.05) is 5.56 Å². The molecule has 2 N–H and O–H groups in total. The minimum atomic E-state index is -0.870. The van der Waals surface area contributed by atoms with Gasteiger partial charge in [-0.05, 0) is 24.6 Å². The smallest absolute Gasteiger partial charge is 0.317 e. The lowest BCUT2D eigenvalue weighted by Gasteiger charge is -2.08. The Morgan fingerprint density at radius 2 is 2.09 bits per heavy atom. The van der Waals surface area contributed by atoms with Gasteiger partial charge in [0.2, 0.25) is 5.16 Å². The summed E-state index contributed by atoms with van der Waals surface area (Å²) in [4.78, 5) is 15.4. The number of carboxylic acids is 1. The van der Waals surface area contributed by atoms with Crippen LogP contribution in [0.3, 0.4) is 0 Å². The fourth-order valence-corrected chi connectivity index (χ4v) is 2.61. The van der Waals surface area contributed by atoms with Crippen molar-refractivity contribution < 1.29 is 19.4 Å². The molecule has 0 aliphatic rings. The molecule has 8 heteroatoms. The van der Waals surface area contributed by atoms with Crippen molar-refractivity contribution in [2.45, 2.75) is 23.8 Å². The van der Waals surface area contributed by atoms with E-state index in [2.05, 4.69) is 15.2 Å². The predicted octanol–water partition coefficient (Wildman–Crippen LogP) is 2.44. The maximum Gasteiger partial charge on any atom is 0.317 e. The number of ether oxygens (including phenoxy) is 2. The molecule has 2 rings (SSSR count).